The summed E-state index contributed by atoms with van der Waals surface area (Å²) in [7, 11) is 1.66. The Morgan fingerprint density at radius 2 is 1.80 bits per heavy atom. The molecule has 2 atom stereocenters. The summed E-state index contributed by atoms with van der Waals surface area (Å²) >= 11 is 0. The Morgan fingerprint density at radius 1 is 1.17 bits per heavy atom. The summed E-state index contributed by atoms with van der Waals surface area (Å²) in [5, 5.41) is 9.18. The normalized spacial score (nSPS) is 20.9. The van der Waals surface area contributed by atoms with E-state index >= 15 is 0 Å². The maximum Gasteiger partial charge on any atom is 0.412 e. The number of nitrogens with zero attached hydrogens (tertiary/aromatic N) is 2. The first-order chi connectivity index (χ1) is 13.4. The fourth-order valence-corrected chi connectivity index (χ4v) is 3.19. The van der Waals surface area contributed by atoms with Gasteiger partial charge in [0.2, 0.25) is 5.91 Å². The third-order valence-electron chi connectivity index (χ3n) is 4.44. The van der Waals surface area contributed by atoms with Gasteiger partial charge in [0.1, 0.15) is 11.3 Å². The van der Waals surface area contributed by atoms with Gasteiger partial charge in [-0.15, -0.1) is 24.0 Å². The van der Waals surface area contributed by atoms with Crippen molar-refractivity contribution in [1.82, 2.24) is 20.9 Å². The molecule has 1 heterocycles. The number of nitrogens with one attached hydrogen (secondary N) is 3. The molecule has 1 aliphatic heterocycles. The van der Waals surface area contributed by atoms with E-state index in [1.807, 2.05) is 48.5 Å². The summed E-state index contributed by atoms with van der Waals surface area (Å²) in [5.74, 6) is 0.569. The molecule has 0 aliphatic carbocycles. The van der Waals surface area contributed by atoms with Gasteiger partial charge in [-0.25, -0.2) is 4.79 Å². The van der Waals surface area contributed by atoms with Crippen molar-refractivity contribution < 1.29 is 19.1 Å². The van der Waals surface area contributed by atoms with Crippen molar-refractivity contribution in [3.05, 3.63) is 0 Å². The highest BCUT2D eigenvalue weighted by molar-refractivity contribution is 14.0. The van der Waals surface area contributed by atoms with E-state index in [4.69, 9.17) is 9.47 Å². The molecule has 30 heavy (non-hydrogen) atoms. The lowest BCUT2D eigenvalue weighted by Gasteiger charge is -2.35. The summed E-state index contributed by atoms with van der Waals surface area (Å²) in [5.41, 5.74) is -1.37. The van der Waals surface area contributed by atoms with Gasteiger partial charge in [-0.05, 0) is 48.0 Å². The Labute approximate surface area is 198 Å². The highest BCUT2D eigenvalue weighted by atomic mass is 127. The molecule has 0 aromatic rings. The van der Waals surface area contributed by atoms with Gasteiger partial charge in [-0.3, -0.25) is 14.7 Å². The minimum Gasteiger partial charge on any atom is -0.444 e. The SMILES string of the molecule is CCCNC(=O)CCNC(=NC)NCC1C(C)OC(C)(C)N1C(=O)OC(C)(C)C.I. The summed E-state index contributed by atoms with van der Waals surface area (Å²) in [6, 6.07) is -0.230. The van der Waals surface area contributed by atoms with Gasteiger partial charge in [-0.1, -0.05) is 6.92 Å². The standard InChI is InChI=1S/C20H39N5O4.HI/c1-9-11-22-16(26)10-12-23-17(21-8)24-13-15-14(2)28-20(6,7)25(15)18(27)29-19(3,4)5;/h14-15H,9-13H2,1-8H3,(H,22,26)(H2,21,23,24);1H. The van der Waals surface area contributed by atoms with E-state index in [0.717, 1.165) is 6.42 Å². The number of carbonyl (C=O) groups is 2. The maximum atomic E-state index is 12.8. The number of aliphatic imine (C=N–C) groups is 1. The molecule has 0 bridgehead atoms. The third-order valence-corrected chi connectivity index (χ3v) is 4.44. The van der Waals surface area contributed by atoms with Gasteiger partial charge in [0.25, 0.3) is 0 Å². The molecule has 0 aromatic carbocycles. The van der Waals surface area contributed by atoms with Crippen LogP contribution in [0.2, 0.25) is 0 Å². The lowest BCUT2D eigenvalue weighted by molar-refractivity contribution is -0.120. The predicted octanol–water partition coefficient (Wildman–Crippen LogP) is 2.45. The second kappa shape index (κ2) is 12.5. The van der Waals surface area contributed by atoms with Gasteiger partial charge < -0.3 is 25.4 Å². The quantitative estimate of drug-likeness (QED) is 0.260. The lowest BCUT2D eigenvalue weighted by Crippen LogP contribution is -2.54. The fourth-order valence-electron chi connectivity index (χ4n) is 3.19. The Bertz CT molecular complexity index is 592. The first-order valence-electron chi connectivity index (χ1n) is 10.3. The summed E-state index contributed by atoms with van der Waals surface area (Å²) in [6.07, 6.45) is 0.687. The van der Waals surface area contributed by atoms with Crippen LogP contribution in [0.4, 0.5) is 4.79 Å². The Balaban J connectivity index is 0.00000841. The van der Waals surface area contributed by atoms with Crippen molar-refractivity contribution >= 4 is 41.9 Å². The molecule has 2 unspecified atom stereocenters. The molecule has 1 fully saturated rings. The smallest absolute Gasteiger partial charge is 0.412 e. The maximum absolute atomic E-state index is 12.8. The molecule has 1 saturated heterocycles. The van der Waals surface area contributed by atoms with Crippen molar-refractivity contribution in [2.45, 2.75) is 84.8 Å². The molecule has 0 radical (unpaired) electrons. The van der Waals surface area contributed by atoms with E-state index in [2.05, 4.69) is 20.9 Å². The number of halogens is 1. The molecule has 9 nitrogen and oxygen atoms in total. The first kappa shape index (κ1) is 28.7. The van der Waals surface area contributed by atoms with Crippen molar-refractivity contribution in [3.8, 4) is 0 Å². The van der Waals surface area contributed by atoms with E-state index in [1.165, 1.54) is 0 Å². The molecule has 176 valence electrons. The van der Waals surface area contributed by atoms with Crippen LogP contribution in [0.15, 0.2) is 4.99 Å². The van der Waals surface area contributed by atoms with E-state index in [1.54, 1.807) is 11.9 Å². The third kappa shape index (κ3) is 9.23. The predicted molar refractivity (Wildman–Crippen MR) is 129 cm³/mol. The van der Waals surface area contributed by atoms with Crippen LogP contribution in [0, 0.1) is 0 Å². The second-order valence-corrected chi connectivity index (χ2v) is 8.67. The average molecular weight is 541 g/mol. The molecule has 3 N–H and O–H groups in total. The van der Waals surface area contributed by atoms with E-state index in [9.17, 15) is 9.59 Å². The molecular weight excluding hydrogens is 501 g/mol. The zero-order valence-electron chi connectivity index (χ0n) is 19.6. The largest absolute Gasteiger partial charge is 0.444 e. The Kier molecular flexibility index (Phi) is 12.0. The molecule has 0 spiro atoms. The van der Waals surface area contributed by atoms with Crippen molar-refractivity contribution in [3.63, 3.8) is 0 Å². The number of hydrogen-bond donors (Lipinski definition) is 3. The van der Waals surface area contributed by atoms with Crippen LogP contribution in [-0.4, -0.2) is 73.0 Å². The van der Waals surface area contributed by atoms with Crippen LogP contribution >= 0.6 is 24.0 Å². The van der Waals surface area contributed by atoms with Crippen LogP contribution in [0.25, 0.3) is 0 Å². The number of ether oxygens (including phenoxy) is 2. The van der Waals surface area contributed by atoms with Gasteiger partial charge in [0, 0.05) is 33.1 Å². The van der Waals surface area contributed by atoms with Crippen molar-refractivity contribution in [2.24, 2.45) is 4.99 Å². The molecule has 0 saturated carbocycles. The van der Waals surface area contributed by atoms with E-state index in [-0.39, 0.29) is 42.0 Å². The van der Waals surface area contributed by atoms with Crippen LogP contribution in [0.5, 0.6) is 0 Å². The van der Waals surface area contributed by atoms with Crippen molar-refractivity contribution in [1.29, 1.82) is 0 Å². The first-order valence-corrected chi connectivity index (χ1v) is 10.3. The molecular formula is C20H40IN5O4. The Morgan fingerprint density at radius 3 is 2.33 bits per heavy atom. The second-order valence-electron chi connectivity index (χ2n) is 8.67. The van der Waals surface area contributed by atoms with Gasteiger partial charge in [0.05, 0.1) is 12.1 Å². The topological polar surface area (TPSA) is 104 Å². The van der Waals surface area contributed by atoms with Crippen molar-refractivity contribution in [2.75, 3.05) is 26.7 Å². The zero-order valence-corrected chi connectivity index (χ0v) is 22.0. The number of guanidine groups is 1. The molecule has 1 aliphatic rings. The van der Waals surface area contributed by atoms with Crippen LogP contribution in [0.1, 0.15) is 61.3 Å². The highest BCUT2D eigenvalue weighted by Gasteiger charge is 2.49. The summed E-state index contributed by atoms with van der Waals surface area (Å²) in [4.78, 5) is 30.3. The summed E-state index contributed by atoms with van der Waals surface area (Å²) < 4.78 is 11.6. The fraction of sp³-hybridized carbons (Fsp3) is 0.850. The number of amides is 2. The van der Waals surface area contributed by atoms with E-state index < -0.39 is 17.4 Å². The molecule has 2 amide bonds. The van der Waals surface area contributed by atoms with Crippen LogP contribution < -0.4 is 16.0 Å². The summed E-state index contributed by atoms with van der Waals surface area (Å²) in [6.45, 7) is 14.8. The number of carbonyl (C=O) groups excluding carboxylic acids is 2. The van der Waals surface area contributed by atoms with E-state index in [0.29, 0.717) is 32.0 Å². The number of rotatable bonds is 7. The molecule has 0 aromatic heterocycles. The van der Waals surface area contributed by atoms with Gasteiger partial charge in [0.15, 0.2) is 5.96 Å². The lowest BCUT2D eigenvalue weighted by atomic mass is 10.1. The average Bonchev–Trinajstić information content (AvgIpc) is 2.82. The van der Waals surface area contributed by atoms with Gasteiger partial charge >= 0.3 is 6.09 Å². The minimum absolute atomic E-state index is 0. The zero-order chi connectivity index (χ0) is 22.2. The Hall–Kier alpha value is -1.30. The van der Waals surface area contributed by atoms with Crippen LogP contribution in [-0.2, 0) is 14.3 Å². The highest BCUT2D eigenvalue weighted by Crippen LogP contribution is 2.33. The monoisotopic (exact) mass is 541 g/mol. The van der Waals surface area contributed by atoms with Crippen LogP contribution in [0.3, 0.4) is 0 Å². The van der Waals surface area contributed by atoms with Gasteiger partial charge in [-0.2, -0.15) is 0 Å². The number of hydrogen-bond acceptors (Lipinski definition) is 5. The molecule has 1 rings (SSSR count). The minimum atomic E-state index is -0.775. The molecule has 10 heteroatoms.